The van der Waals surface area contributed by atoms with Crippen molar-refractivity contribution >= 4 is 15.9 Å². The fourth-order valence-corrected chi connectivity index (χ4v) is 2.83. The number of hydrogen-bond donors (Lipinski definition) is 0. The largest absolute Gasteiger partial charge is 0.497 e. The number of methoxy groups -OCH3 is 1. The highest BCUT2D eigenvalue weighted by molar-refractivity contribution is 9.10. The van der Waals surface area contributed by atoms with Crippen LogP contribution in [0, 0.1) is 0 Å². The lowest BCUT2D eigenvalue weighted by atomic mass is 10.2. The SMILES string of the molecule is CCc1nn(-c2ccc(Br)cc2)c(=O)n1Cc1cccc(OC)c1. The van der Waals surface area contributed by atoms with Gasteiger partial charge in [-0.25, -0.2) is 4.79 Å². The van der Waals surface area contributed by atoms with E-state index in [0.29, 0.717) is 13.0 Å². The van der Waals surface area contributed by atoms with Crippen molar-refractivity contribution < 1.29 is 4.74 Å². The Labute approximate surface area is 148 Å². The minimum Gasteiger partial charge on any atom is -0.497 e. The lowest BCUT2D eigenvalue weighted by molar-refractivity contribution is 0.414. The Morgan fingerprint density at radius 1 is 1.17 bits per heavy atom. The average Bonchev–Trinajstić information content (AvgIpc) is 2.92. The maximum absolute atomic E-state index is 12.8. The summed E-state index contributed by atoms with van der Waals surface area (Å²) >= 11 is 3.40. The van der Waals surface area contributed by atoms with Crippen LogP contribution in [0.3, 0.4) is 0 Å². The predicted octanol–water partition coefficient (Wildman–Crippen LogP) is 3.42. The van der Waals surface area contributed by atoms with Gasteiger partial charge in [0.2, 0.25) is 0 Å². The zero-order valence-corrected chi connectivity index (χ0v) is 15.2. The second kappa shape index (κ2) is 7.05. The van der Waals surface area contributed by atoms with Crippen LogP contribution in [-0.4, -0.2) is 21.5 Å². The lowest BCUT2D eigenvalue weighted by Gasteiger charge is -2.06. The lowest BCUT2D eigenvalue weighted by Crippen LogP contribution is -2.25. The minimum atomic E-state index is -0.142. The third-order valence-corrected chi connectivity index (χ3v) is 4.33. The quantitative estimate of drug-likeness (QED) is 0.673. The summed E-state index contributed by atoms with van der Waals surface area (Å²) in [7, 11) is 1.63. The molecule has 0 aliphatic carbocycles. The Balaban J connectivity index is 2.01. The fraction of sp³-hybridized carbons (Fsp3) is 0.222. The summed E-state index contributed by atoms with van der Waals surface area (Å²) in [5, 5.41) is 4.49. The van der Waals surface area contributed by atoms with Gasteiger partial charge in [-0.1, -0.05) is 35.0 Å². The van der Waals surface area contributed by atoms with Crippen LogP contribution in [-0.2, 0) is 13.0 Å². The Bertz CT molecular complexity index is 897. The van der Waals surface area contributed by atoms with E-state index in [1.165, 1.54) is 4.68 Å². The van der Waals surface area contributed by atoms with Gasteiger partial charge in [-0.15, -0.1) is 5.10 Å². The molecule has 0 saturated heterocycles. The molecule has 0 atom stereocenters. The first-order chi connectivity index (χ1) is 11.6. The maximum atomic E-state index is 12.8. The van der Waals surface area contributed by atoms with Gasteiger partial charge in [0.05, 0.1) is 19.3 Å². The normalized spacial score (nSPS) is 10.8. The molecule has 0 unspecified atom stereocenters. The molecule has 6 heteroatoms. The molecule has 0 aliphatic heterocycles. The number of aryl methyl sites for hydroxylation is 1. The molecule has 0 spiro atoms. The molecule has 3 rings (SSSR count). The van der Waals surface area contributed by atoms with Crippen molar-refractivity contribution in [2.45, 2.75) is 19.9 Å². The molecular weight excluding hydrogens is 370 g/mol. The first kappa shape index (κ1) is 16.5. The molecule has 24 heavy (non-hydrogen) atoms. The Morgan fingerprint density at radius 3 is 2.58 bits per heavy atom. The predicted molar refractivity (Wildman–Crippen MR) is 97.0 cm³/mol. The van der Waals surface area contributed by atoms with Crippen molar-refractivity contribution in [3.05, 3.63) is 74.9 Å². The second-order valence-electron chi connectivity index (χ2n) is 5.38. The van der Waals surface area contributed by atoms with Crippen LogP contribution in [0.1, 0.15) is 18.3 Å². The molecule has 0 radical (unpaired) electrons. The van der Waals surface area contributed by atoms with Gasteiger partial charge in [-0.3, -0.25) is 4.57 Å². The highest BCUT2D eigenvalue weighted by Gasteiger charge is 2.14. The third-order valence-electron chi connectivity index (χ3n) is 3.80. The summed E-state index contributed by atoms with van der Waals surface area (Å²) in [5.41, 5.74) is 1.61. The van der Waals surface area contributed by atoms with Crippen molar-refractivity contribution in [3.8, 4) is 11.4 Å². The number of nitrogens with zero attached hydrogens (tertiary/aromatic N) is 3. The number of halogens is 1. The van der Waals surface area contributed by atoms with Gasteiger partial charge in [-0.2, -0.15) is 4.68 Å². The van der Waals surface area contributed by atoms with E-state index in [2.05, 4.69) is 21.0 Å². The Kier molecular flexibility index (Phi) is 4.85. The molecule has 0 amide bonds. The van der Waals surface area contributed by atoms with Crippen molar-refractivity contribution in [2.24, 2.45) is 0 Å². The third kappa shape index (κ3) is 3.28. The van der Waals surface area contributed by atoms with E-state index in [-0.39, 0.29) is 5.69 Å². The van der Waals surface area contributed by atoms with Crippen molar-refractivity contribution in [3.63, 3.8) is 0 Å². The molecule has 1 aromatic heterocycles. The van der Waals surface area contributed by atoms with Gasteiger partial charge in [0.15, 0.2) is 0 Å². The minimum absolute atomic E-state index is 0.142. The summed E-state index contributed by atoms with van der Waals surface area (Å²) in [4.78, 5) is 12.8. The molecular formula is C18H18BrN3O2. The van der Waals surface area contributed by atoms with Gasteiger partial charge in [-0.05, 0) is 42.0 Å². The van der Waals surface area contributed by atoms with E-state index in [4.69, 9.17) is 4.74 Å². The van der Waals surface area contributed by atoms with Gasteiger partial charge in [0.25, 0.3) is 0 Å². The first-order valence-corrected chi connectivity index (χ1v) is 8.49. The number of rotatable bonds is 5. The summed E-state index contributed by atoms with van der Waals surface area (Å²) in [6, 6.07) is 15.3. The molecule has 124 valence electrons. The van der Waals surface area contributed by atoms with Crippen molar-refractivity contribution in [2.75, 3.05) is 7.11 Å². The molecule has 0 aliphatic rings. The van der Waals surface area contributed by atoms with Crippen LogP contribution < -0.4 is 10.4 Å². The molecule has 2 aromatic carbocycles. The standard InChI is InChI=1S/C18H18BrN3O2/c1-3-17-20-22(15-9-7-14(19)8-10-15)18(23)21(17)12-13-5-4-6-16(11-13)24-2/h4-11H,3,12H2,1-2H3. The van der Waals surface area contributed by atoms with Gasteiger partial charge in [0.1, 0.15) is 11.6 Å². The van der Waals surface area contributed by atoms with Gasteiger partial charge in [0, 0.05) is 10.9 Å². The van der Waals surface area contributed by atoms with Crippen LogP contribution in [0.4, 0.5) is 0 Å². The summed E-state index contributed by atoms with van der Waals surface area (Å²) < 4.78 is 9.37. The average molecular weight is 388 g/mol. The molecule has 0 bridgehead atoms. The zero-order valence-electron chi connectivity index (χ0n) is 13.6. The van der Waals surface area contributed by atoms with E-state index >= 15 is 0 Å². The Morgan fingerprint density at radius 2 is 1.92 bits per heavy atom. The Hall–Kier alpha value is -2.34. The highest BCUT2D eigenvalue weighted by Crippen LogP contribution is 2.15. The van der Waals surface area contributed by atoms with E-state index < -0.39 is 0 Å². The van der Waals surface area contributed by atoms with E-state index in [0.717, 1.165) is 27.3 Å². The first-order valence-electron chi connectivity index (χ1n) is 7.70. The fourth-order valence-electron chi connectivity index (χ4n) is 2.56. The van der Waals surface area contributed by atoms with Gasteiger partial charge < -0.3 is 4.74 Å². The highest BCUT2D eigenvalue weighted by atomic mass is 79.9. The number of benzene rings is 2. The molecule has 0 N–H and O–H groups in total. The smallest absolute Gasteiger partial charge is 0.351 e. The molecule has 3 aromatic rings. The van der Waals surface area contributed by atoms with Gasteiger partial charge >= 0.3 is 5.69 Å². The van der Waals surface area contributed by atoms with Crippen molar-refractivity contribution in [1.82, 2.24) is 14.3 Å². The zero-order chi connectivity index (χ0) is 17.1. The maximum Gasteiger partial charge on any atom is 0.351 e. The second-order valence-corrected chi connectivity index (χ2v) is 6.29. The van der Waals surface area contributed by atoms with Crippen LogP contribution in [0.15, 0.2) is 57.8 Å². The summed E-state index contributed by atoms with van der Waals surface area (Å²) in [5.74, 6) is 1.53. The number of hydrogen-bond acceptors (Lipinski definition) is 3. The van der Waals surface area contributed by atoms with Crippen LogP contribution in [0.25, 0.3) is 5.69 Å². The van der Waals surface area contributed by atoms with Crippen LogP contribution >= 0.6 is 15.9 Å². The monoisotopic (exact) mass is 387 g/mol. The van der Waals surface area contributed by atoms with E-state index in [1.54, 1.807) is 11.7 Å². The van der Waals surface area contributed by atoms with Crippen LogP contribution in [0.5, 0.6) is 5.75 Å². The summed E-state index contributed by atoms with van der Waals surface area (Å²) in [6.45, 7) is 2.46. The molecule has 0 fully saturated rings. The number of ether oxygens (including phenoxy) is 1. The van der Waals surface area contributed by atoms with E-state index in [1.807, 2.05) is 55.5 Å². The molecule has 5 nitrogen and oxygen atoms in total. The molecule has 1 heterocycles. The topological polar surface area (TPSA) is 49.0 Å². The number of aromatic nitrogens is 3. The summed E-state index contributed by atoms with van der Waals surface area (Å²) in [6.07, 6.45) is 0.683. The van der Waals surface area contributed by atoms with Crippen molar-refractivity contribution in [1.29, 1.82) is 0 Å². The van der Waals surface area contributed by atoms with Crippen LogP contribution in [0.2, 0.25) is 0 Å². The molecule has 0 saturated carbocycles. The van der Waals surface area contributed by atoms with E-state index in [9.17, 15) is 4.79 Å².